The molecule has 4 rings (SSSR count). The molecule has 0 aliphatic carbocycles. The van der Waals surface area contributed by atoms with Gasteiger partial charge in [-0.05, 0) is 35.7 Å². The van der Waals surface area contributed by atoms with E-state index in [-0.39, 0.29) is 18.1 Å². The van der Waals surface area contributed by atoms with Crippen molar-refractivity contribution in [3.63, 3.8) is 0 Å². The van der Waals surface area contributed by atoms with E-state index in [2.05, 4.69) is 21.9 Å². The smallest absolute Gasteiger partial charge is 0.257 e. The highest BCUT2D eigenvalue weighted by Gasteiger charge is 2.21. The molecule has 4 N–H and O–H groups in total. The van der Waals surface area contributed by atoms with Gasteiger partial charge in [0.25, 0.3) is 5.56 Å². The maximum atomic E-state index is 12.6. The number of methoxy groups -OCH3 is 1. The molecule has 0 spiro atoms. The Morgan fingerprint density at radius 1 is 1.24 bits per heavy atom. The minimum absolute atomic E-state index is 0.247. The Bertz CT molecular complexity index is 1250. The normalized spacial score (nSPS) is 12.4. The van der Waals surface area contributed by atoms with Crippen LogP contribution in [-0.4, -0.2) is 33.7 Å². The molecule has 0 bridgehead atoms. The Labute approximate surface area is 167 Å². The molecule has 1 atom stereocenters. The van der Waals surface area contributed by atoms with Crippen molar-refractivity contribution in [2.45, 2.75) is 19.4 Å². The molecule has 0 saturated carbocycles. The number of ether oxygens (including phenoxy) is 1. The van der Waals surface area contributed by atoms with Crippen LogP contribution < -0.4 is 16.0 Å². The van der Waals surface area contributed by atoms with E-state index in [0.29, 0.717) is 45.5 Å². The second kappa shape index (κ2) is 7.62. The van der Waals surface area contributed by atoms with Crippen LogP contribution in [0, 0.1) is 0 Å². The van der Waals surface area contributed by atoms with E-state index < -0.39 is 0 Å². The lowest BCUT2D eigenvalue weighted by Crippen LogP contribution is -2.11. The fourth-order valence-corrected chi connectivity index (χ4v) is 3.59. The van der Waals surface area contributed by atoms with Gasteiger partial charge < -0.3 is 20.6 Å². The van der Waals surface area contributed by atoms with Gasteiger partial charge in [-0.2, -0.15) is 0 Å². The molecule has 29 heavy (non-hydrogen) atoms. The monoisotopic (exact) mass is 390 g/mol. The zero-order chi connectivity index (χ0) is 20.5. The van der Waals surface area contributed by atoms with Crippen LogP contribution in [0.1, 0.15) is 24.1 Å². The number of aromatic amines is 1. The van der Waals surface area contributed by atoms with Gasteiger partial charge in [0.15, 0.2) is 0 Å². The molecule has 7 nitrogen and oxygen atoms in total. The number of pyridine rings is 3. The molecule has 3 aromatic heterocycles. The van der Waals surface area contributed by atoms with Crippen molar-refractivity contribution in [2.75, 3.05) is 13.7 Å². The van der Waals surface area contributed by atoms with Gasteiger partial charge >= 0.3 is 0 Å². The lowest BCUT2D eigenvalue weighted by molar-refractivity contribution is 0.276. The van der Waals surface area contributed by atoms with Crippen molar-refractivity contribution in [3.8, 4) is 17.0 Å². The second-order valence-electron chi connectivity index (χ2n) is 6.96. The number of hydrogen-bond donors (Lipinski definition) is 3. The summed E-state index contributed by atoms with van der Waals surface area (Å²) in [7, 11) is 1.53. The summed E-state index contributed by atoms with van der Waals surface area (Å²) in [5, 5.41) is 11.0. The summed E-state index contributed by atoms with van der Waals surface area (Å²) in [5.74, 6) is 0.608. The predicted octanol–water partition coefficient (Wildman–Crippen LogP) is 2.70. The lowest BCUT2D eigenvalue weighted by atomic mass is 9.95. The summed E-state index contributed by atoms with van der Waals surface area (Å²) in [6.45, 7) is 2.30. The summed E-state index contributed by atoms with van der Waals surface area (Å²) in [5.41, 5.74) is 9.56. The predicted molar refractivity (Wildman–Crippen MR) is 113 cm³/mol. The second-order valence-corrected chi connectivity index (χ2v) is 6.96. The Morgan fingerprint density at radius 2 is 2.00 bits per heavy atom. The van der Waals surface area contributed by atoms with Crippen LogP contribution in [0.25, 0.3) is 32.9 Å². The highest BCUT2D eigenvalue weighted by atomic mass is 16.5. The molecule has 0 saturated heterocycles. The standard InChI is InChI=1S/C22H22N4O3/c1-12(10-23)13-5-7-14(8-6-13)17-18-19-15(4-3-9-24-19)21(28)26-20(18)16(11-27)25-22(17)29-2/h3-9,12,27H,10-11,23H2,1-2H3,(H,26,28). The van der Waals surface area contributed by atoms with Crippen molar-refractivity contribution >= 4 is 21.8 Å². The molecule has 0 radical (unpaired) electrons. The summed E-state index contributed by atoms with van der Waals surface area (Å²) in [4.78, 5) is 24.3. The van der Waals surface area contributed by atoms with E-state index in [4.69, 9.17) is 10.5 Å². The topological polar surface area (TPSA) is 114 Å². The quantitative estimate of drug-likeness (QED) is 0.452. The maximum Gasteiger partial charge on any atom is 0.257 e. The first kappa shape index (κ1) is 19.0. The number of aromatic nitrogens is 3. The number of hydrogen-bond acceptors (Lipinski definition) is 6. The zero-order valence-corrected chi connectivity index (χ0v) is 16.3. The molecule has 3 heterocycles. The van der Waals surface area contributed by atoms with Crippen LogP contribution in [0.2, 0.25) is 0 Å². The number of H-pyrrole nitrogens is 1. The van der Waals surface area contributed by atoms with Gasteiger partial charge in [0.05, 0.1) is 41.4 Å². The van der Waals surface area contributed by atoms with E-state index in [1.54, 1.807) is 18.3 Å². The number of nitrogens with zero attached hydrogens (tertiary/aromatic N) is 2. The first-order valence-corrected chi connectivity index (χ1v) is 9.37. The Balaban J connectivity index is 2.12. The van der Waals surface area contributed by atoms with Gasteiger partial charge in [0.1, 0.15) is 0 Å². The number of benzene rings is 1. The number of fused-ring (bicyclic) bond motifs is 3. The van der Waals surface area contributed by atoms with E-state index >= 15 is 0 Å². The van der Waals surface area contributed by atoms with Crippen LogP contribution in [0.4, 0.5) is 0 Å². The van der Waals surface area contributed by atoms with Crippen molar-refractivity contribution < 1.29 is 9.84 Å². The van der Waals surface area contributed by atoms with Gasteiger partial charge in [-0.3, -0.25) is 9.78 Å². The third-order valence-corrected chi connectivity index (χ3v) is 5.23. The van der Waals surface area contributed by atoms with E-state index in [9.17, 15) is 9.90 Å². The van der Waals surface area contributed by atoms with Crippen LogP contribution in [0.3, 0.4) is 0 Å². The highest BCUT2D eigenvalue weighted by molar-refractivity contribution is 6.12. The van der Waals surface area contributed by atoms with Crippen molar-refractivity contribution in [1.82, 2.24) is 15.0 Å². The molecule has 0 aliphatic rings. The minimum atomic E-state index is -0.339. The molecule has 4 aromatic rings. The van der Waals surface area contributed by atoms with Gasteiger partial charge in [0.2, 0.25) is 5.88 Å². The summed E-state index contributed by atoms with van der Waals surface area (Å²) >= 11 is 0. The Hall–Kier alpha value is -3.29. The SMILES string of the molecule is COc1nc(CO)c2[nH]c(=O)c3cccnc3c2c1-c1ccc(C(C)CN)cc1. The number of aliphatic hydroxyl groups excluding tert-OH is 1. The molecule has 7 heteroatoms. The zero-order valence-electron chi connectivity index (χ0n) is 16.3. The third kappa shape index (κ3) is 3.14. The lowest BCUT2D eigenvalue weighted by Gasteiger charge is -2.16. The number of aliphatic hydroxyl groups is 1. The Morgan fingerprint density at radius 3 is 2.66 bits per heavy atom. The van der Waals surface area contributed by atoms with Crippen LogP contribution in [-0.2, 0) is 6.61 Å². The van der Waals surface area contributed by atoms with Gasteiger partial charge in [0, 0.05) is 11.6 Å². The maximum absolute atomic E-state index is 12.6. The Kier molecular flexibility index (Phi) is 5.00. The largest absolute Gasteiger partial charge is 0.481 e. The van der Waals surface area contributed by atoms with Crippen LogP contribution in [0.15, 0.2) is 47.4 Å². The summed E-state index contributed by atoms with van der Waals surface area (Å²) < 4.78 is 5.57. The van der Waals surface area contributed by atoms with Crippen LogP contribution in [0.5, 0.6) is 5.88 Å². The van der Waals surface area contributed by atoms with E-state index in [0.717, 1.165) is 11.1 Å². The molecule has 0 amide bonds. The summed E-state index contributed by atoms with van der Waals surface area (Å²) in [6, 6.07) is 11.5. The molecule has 0 aliphatic heterocycles. The first-order valence-electron chi connectivity index (χ1n) is 9.37. The van der Waals surface area contributed by atoms with Crippen molar-refractivity contribution in [3.05, 3.63) is 64.2 Å². The van der Waals surface area contributed by atoms with Crippen molar-refractivity contribution in [1.29, 1.82) is 0 Å². The number of nitrogens with one attached hydrogen (secondary N) is 1. The van der Waals surface area contributed by atoms with Gasteiger partial charge in [-0.1, -0.05) is 31.2 Å². The molecular weight excluding hydrogens is 368 g/mol. The fraction of sp³-hybridized carbons (Fsp3) is 0.227. The summed E-state index contributed by atoms with van der Waals surface area (Å²) in [6.07, 6.45) is 1.64. The molecule has 1 aromatic carbocycles. The first-order chi connectivity index (χ1) is 14.1. The fourth-order valence-electron chi connectivity index (χ4n) is 3.59. The van der Waals surface area contributed by atoms with Gasteiger partial charge in [-0.15, -0.1) is 0 Å². The third-order valence-electron chi connectivity index (χ3n) is 5.23. The minimum Gasteiger partial charge on any atom is -0.481 e. The molecular formula is C22H22N4O3. The van der Waals surface area contributed by atoms with Gasteiger partial charge in [-0.25, -0.2) is 4.98 Å². The number of rotatable bonds is 5. The van der Waals surface area contributed by atoms with Crippen molar-refractivity contribution in [2.24, 2.45) is 5.73 Å². The average Bonchev–Trinajstić information content (AvgIpc) is 2.78. The molecule has 0 fully saturated rings. The molecule has 1 unspecified atom stereocenters. The van der Waals surface area contributed by atoms with E-state index in [1.807, 2.05) is 24.3 Å². The molecule has 148 valence electrons. The average molecular weight is 390 g/mol. The van der Waals surface area contributed by atoms with E-state index in [1.165, 1.54) is 7.11 Å². The number of nitrogens with two attached hydrogens (primary N) is 1. The highest BCUT2D eigenvalue weighted by Crippen LogP contribution is 2.39. The van der Waals surface area contributed by atoms with Crippen LogP contribution >= 0.6 is 0 Å².